The minimum absolute atomic E-state index is 0.103. The predicted molar refractivity (Wildman–Crippen MR) is 62.2 cm³/mol. The second-order valence-corrected chi connectivity index (χ2v) is 4.13. The van der Waals surface area contributed by atoms with Gasteiger partial charge in [0.25, 0.3) is 0 Å². The van der Waals surface area contributed by atoms with E-state index >= 15 is 0 Å². The van der Waals surface area contributed by atoms with Crippen molar-refractivity contribution >= 4 is 17.6 Å². The van der Waals surface area contributed by atoms with Crippen LogP contribution in [0.3, 0.4) is 0 Å². The van der Waals surface area contributed by atoms with E-state index in [2.05, 4.69) is 5.10 Å². The molecular weight excluding hydrogens is 282 g/mol. The highest BCUT2D eigenvalue weighted by Crippen LogP contribution is 2.37. The van der Waals surface area contributed by atoms with Crippen molar-refractivity contribution in [2.24, 2.45) is 7.05 Å². The van der Waals surface area contributed by atoms with E-state index in [1.54, 1.807) is 0 Å². The number of aromatic hydroxyl groups is 1. The Balaban J connectivity index is 2.75. The van der Waals surface area contributed by atoms with Crippen LogP contribution in [0.4, 0.5) is 8.78 Å². The average Bonchev–Trinajstić information content (AvgIpc) is 2.70. The van der Waals surface area contributed by atoms with Gasteiger partial charge in [-0.1, -0.05) is 11.6 Å². The molecule has 1 aromatic carbocycles. The quantitative estimate of drug-likeness (QED) is 0.832. The Labute approximate surface area is 110 Å². The Hall–Kier alpha value is -2.15. The minimum atomic E-state index is -1.33. The second-order valence-electron chi connectivity index (χ2n) is 3.72. The zero-order valence-corrected chi connectivity index (χ0v) is 10.2. The number of carboxylic acids is 1. The molecule has 0 amide bonds. The highest BCUT2D eigenvalue weighted by atomic mass is 35.5. The molecule has 0 atom stereocenters. The number of hydrogen-bond acceptors (Lipinski definition) is 3. The highest BCUT2D eigenvalue weighted by Gasteiger charge is 2.23. The molecule has 0 bridgehead atoms. The van der Waals surface area contributed by atoms with Gasteiger partial charge in [0, 0.05) is 7.05 Å². The van der Waals surface area contributed by atoms with E-state index in [0.29, 0.717) is 6.07 Å². The molecule has 0 saturated carbocycles. The largest absolute Gasteiger partial charge is 0.504 e. The molecule has 0 aliphatic carbocycles. The van der Waals surface area contributed by atoms with Crippen LogP contribution in [-0.4, -0.2) is 26.0 Å². The monoisotopic (exact) mass is 288 g/mol. The first kappa shape index (κ1) is 13.3. The van der Waals surface area contributed by atoms with Crippen LogP contribution in [0.15, 0.2) is 12.1 Å². The molecule has 2 aromatic rings. The number of phenols is 1. The number of aromatic carboxylic acids is 1. The molecule has 0 aliphatic rings. The molecule has 5 nitrogen and oxygen atoms in total. The number of rotatable bonds is 2. The maximum Gasteiger partial charge on any atom is 0.356 e. The Kier molecular flexibility index (Phi) is 3.15. The van der Waals surface area contributed by atoms with Gasteiger partial charge in [-0.3, -0.25) is 4.68 Å². The lowest BCUT2D eigenvalue weighted by Gasteiger charge is -2.08. The van der Waals surface area contributed by atoms with Gasteiger partial charge >= 0.3 is 5.97 Å². The fourth-order valence-electron chi connectivity index (χ4n) is 1.63. The van der Waals surface area contributed by atoms with Crippen molar-refractivity contribution in [3.63, 3.8) is 0 Å². The normalized spacial score (nSPS) is 10.7. The molecular formula is C11H7ClF2N2O3. The molecule has 2 N–H and O–H groups in total. The summed E-state index contributed by atoms with van der Waals surface area (Å²) in [6.45, 7) is 0. The topological polar surface area (TPSA) is 75.4 Å². The fourth-order valence-corrected chi connectivity index (χ4v) is 1.82. The molecule has 1 aromatic heterocycles. The first-order valence-corrected chi connectivity index (χ1v) is 5.35. The van der Waals surface area contributed by atoms with Crippen molar-refractivity contribution in [2.75, 3.05) is 0 Å². The van der Waals surface area contributed by atoms with Crippen molar-refractivity contribution in [1.29, 1.82) is 0 Å². The molecule has 0 unspecified atom stereocenters. The molecule has 0 aliphatic heterocycles. The van der Waals surface area contributed by atoms with Crippen molar-refractivity contribution in [1.82, 2.24) is 9.78 Å². The van der Waals surface area contributed by atoms with Crippen LogP contribution >= 0.6 is 11.6 Å². The molecule has 8 heteroatoms. The van der Waals surface area contributed by atoms with Crippen LogP contribution in [0.1, 0.15) is 10.5 Å². The van der Waals surface area contributed by atoms with Crippen molar-refractivity contribution in [2.45, 2.75) is 0 Å². The fraction of sp³-hybridized carbons (Fsp3) is 0.0909. The van der Waals surface area contributed by atoms with E-state index in [1.165, 1.54) is 7.05 Å². The number of halogens is 3. The van der Waals surface area contributed by atoms with Crippen molar-refractivity contribution < 1.29 is 23.8 Å². The average molecular weight is 289 g/mol. The van der Waals surface area contributed by atoms with Gasteiger partial charge < -0.3 is 10.2 Å². The van der Waals surface area contributed by atoms with Crippen molar-refractivity contribution in [3.8, 4) is 17.0 Å². The van der Waals surface area contributed by atoms with Gasteiger partial charge in [-0.25, -0.2) is 13.6 Å². The summed E-state index contributed by atoms with van der Waals surface area (Å²) in [4.78, 5) is 10.8. The molecule has 0 radical (unpaired) electrons. The van der Waals surface area contributed by atoms with E-state index in [9.17, 15) is 18.7 Å². The molecule has 100 valence electrons. The van der Waals surface area contributed by atoms with Crippen LogP contribution in [0.25, 0.3) is 11.3 Å². The summed E-state index contributed by atoms with van der Waals surface area (Å²) in [5, 5.41) is 21.4. The number of carboxylic acid groups (broad SMARTS) is 1. The van der Waals surface area contributed by atoms with Gasteiger partial charge in [0.2, 0.25) is 0 Å². The Bertz CT molecular complexity index is 659. The summed E-state index contributed by atoms with van der Waals surface area (Å²) in [7, 11) is 1.33. The first-order chi connectivity index (χ1) is 8.82. The SMILES string of the molecule is Cn1nc(C(=O)O)cc1-c1c(O)c(F)cc(Cl)c1F. The zero-order valence-electron chi connectivity index (χ0n) is 9.49. The predicted octanol–water partition coefficient (Wildman–Crippen LogP) is 2.42. The summed E-state index contributed by atoms with van der Waals surface area (Å²) in [5.41, 5.74) is -1.00. The molecule has 19 heavy (non-hydrogen) atoms. The van der Waals surface area contributed by atoms with Gasteiger partial charge in [-0.05, 0) is 12.1 Å². The third-order valence-electron chi connectivity index (χ3n) is 2.50. The second kappa shape index (κ2) is 4.51. The summed E-state index contributed by atoms with van der Waals surface area (Å²) in [6.07, 6.45) is 0. The summed E-state index contributed by atoms with van der Waals surface area (Å²) in [6, 6.07) is 1.64. The zero-order chi connectivity index (χ0) is 14.3. The lowest BCUT2D eigenvalue weighted by molar-refractivity contribution is 0.0689. The lowest BCUT2D eigenvalue weighted by atomic mass is 10.1. The van der Waals surface area contributed by atoms with E-state index in [0.717, 1.165) is 10.7 Å². The third-order valence-corrected chi connectivity index (χ3v) is 2.78. The van der Waals surface area contributed by atoms with Gasteiger partial charge in [0.1, 0.15) is 0 Å². The maximum absolute atomic E-state index is 13.9. The first-order valence-electron chi connectivity index (χ1n) is 4.97. The summed E-state index contributed by atoms with van der Waals surface area (Å²) >= 11 is 5.49. The van der Waals surface area contributed by atoms with Gasteiger partial charge in [-0.15, -0.1) is 0 Å². The summed E-state index contributed by atoms with van der Waals surface area (Å²) in [5.74, 6) is -4.45. The van der Waals surface area contributed by atoms with Crippen LogP contribution in [-0.2, 0) is 7.05 Å². The number of phenolic OH excluding ortho intramolecular Hbond substituents is 1. The van der Waals surface area contributed by atoms with E-state index in [-0.39, 0.29) is 11.4 Å². The molecule has 0 spiro atoms. The number of benzene rings is 1. The van der Waals surface area contributed by atoms with E-state index < -0.39 is 33.9 Å². The van der Waals surface area contributed by atoms with Gasteiger partial charge in [0.05, 0.1) is 16.3 Å². The Morgan fingerprint density at radius 3 is 2.58 bits per heavy atom. The maximum atomic E-state index is 13.9. The van der Waals surface area contributed by atoms with Crippen LogP contribution < -0.4 is 0 Å². The third kappa shape index (κ3) is 2.12. The number of hydrogen-bond donors (Lipinski definition) is 2. The molecule has 1 heterocycles. The van der Waals surface area contributed by atoms with Gasteiger partial charge in [-0.2, -0.15) is 5.10 Å². The van der Waals surface area contributed by atoms with E-state index in [1.807, 2.05) is 0 Å². The summed E-state index contributed by atoms with van der Waals surface area (Å²) < 4.78 is 28.2. The number of nitrogens with zero attached hydrogens (tertiary/aromatic N) is 2. The minimum Gasteiger partial charge on any atom is -0.504 e. The molecule has 0 saturated heterocycles. The molecule has 0 fully saturated rings. The van der Waals surface area contributed by atoms with Crippen LogP contribution in [0.5, 0.6) is 5.75 Å². The number of aryl methyl sites for hydroxylation is 1. The van der Waals surface area contributed by atoms with Crippen LogP contribution in [0, 0.1) is 11.6 Å². The van der Waals surface area contributed by atoms with Gasteiger partial charge in [0.15, 0.2) is 23.1 Å². The molecule has 2 rings (SSSR count). The number of carbonyl (C=O) groups is 1. The smallest absolute Gasteiger partial charge is 0.356 e. The lowest BCUT2D eigenvalue weighted by Crippen LogP contribution is -2.00. The van der Waals surface area contributed by atoms with Crippen LogP contribution in [0.2, 0.25) is 5.02 Å². The number of aromatic nitrogens is 2. The van der Waals surface area contributed by atoms with E-state index in [4.69, 9.17) is 16.7 Å². The van der Waals surface area contributed by atoms with Crippen molar-refractivity contribution in [3.05, 3.63) is 34.5 Å². The Morgan fingerprint density at radius 2 is 2.05 bits per heavy atom. The standard InChI is InChI=1S/C11H7ClF2N2O3/c1-16-7(3-6(15-16)11(18)19)8-9(14)4(12)2-5(13)10(8)17/h2-3,17H,1H3,(H,18,19). The highest BCUT2D eigenvalue weighted by molar-refractivity contribution is 6.31. The Morgan fingerprint density at radius 1 is 1.42 bits per heavy atom.